The van der Waals surface area contributed by atoms with Gasteiger partial charge in [0.05, 0.1) is 40.4 Å². The van der Waals surface area contributed by atoms with Crippen LogP contribution in [0.3, 0.4) is 0 Å². The van der Waals surface area contributed by atoms with Gasteiger partial charge in [-0.05, 0) is 49.7 Å². The molecular weight excluding hydrogens is 421 g/mol. The highest BCUT2D eigenvalue weighted by Gasteiger charge is 2.30. The van der Waals surface area contributed by atoms with Gasteiger partial charge in [0.1, 0.15) is 12.7 Å². The van der Waals surface area contributed by atoms with Crippen molar-refractivity contribution in [2.24, 2.45) is 0 Å². The molecule has 4 aromatic rings. The maximum absolute atomic E-state index is 13.0. The fourth-order valence-electron chi connectivity index (χ4n) is 3.32. The number of hydrogen-bond acceptors (Lipinski definition) is 4. The lowest BCUT2D eigenvalue weighted by Crippen LogP contribution is -2.27. The number of benzene rings is 2. The highest BCUT2D eigenvalue weighted by atomic mass is 19.4. The largest absolute Gasteiger partial charge is 0.416 e. The van der Waals surface area contributed by atoms with Crippen molar-refractivity contribution in [2.75, 3.05) is 0 Å². The summed E-state index contributed by atoms with van der Waals surface area (Å²) in [7, 11) is 0. The lowest BCUT2D eigenvalue weighted by Gasteiger charge is -2.15. The molecule has 0 bridgehead atoms. The zero-order valence-electron chi connectivity index (χ0n) is 17.2. The van der Waals surface area contributed by atoms with Crippen LogP contribution in [0.2, 0.25) is 0 Å². The third-order valence-corrected chi connectivity index (χ3v) is 5.10. The SMILES string of the molecule is Cc1c(C(=O)NC(C)c2ccc(-n3cncn3)cc2)cnn1-c1cccc(C(F)(F)F)c1. The van der Waals surface area contributed by atoms with Gasteiger partial charge in [-0.1, -0.05) is 18.2 Å². The highest BCUT2D eigenvalue weighted by Crippen LogP contribution is 2.30. The third-order valence-electron chi connectivity index (χ3n) is 5.10. The van der Waals surface area contributed by atoms with Gasteiger partial charge in [-0.15, -0.1) is 0 Å². The summed E-state index contributed by atoms with van der Waals surface area (Å²) in [6, 6.07) is 12.0. The van der Waals surface area contributed by atoms with E-state index in [0.29, 0.717) is 5.69 Å². The van der Waals surface area contributed by atoms with Crippen LogP contribution >= 0.6 is 0 Å². The Labute approximate surface area is 181 Å². The van der Waals surface area contributed by atoms with Crippen LogP contribution in [-0.4, -0.2) is 30.5 Å². The molecule has 32 heavy (non-hydrogen) atoms. The molecular formula is C22H19F3N6O. The topological polar surface area (TPSA) is 77.6 Å². The Bertz CT molecular complexity index is 1230. The van der Waals surface area contributed by atoms with Gasteiger partial charge in [-0.3, -0.25) is 4.79 Å². The van der Waals surface area contributed by atoms with Gasteiger partial charge in [0.2, 0.25) is 0 Å². The van der Waals surface area contributed by atoms with Crippen LogP contribution in [0.5, 0.6) is 0 Å². The molecule has 10 heteroatoms. The Morgan fingerprint density at radius 1 is 1.06 bits per heavy atom. The van der Waals surface area contributed by atoms with E-state index in [-0.39, 0.29) is 23.2 Å². The molecule has 0 aliphatic rings. The maximum atomic E-state index is 13.0. The molecule has 0 radical (unpaired) electrons. The Morgan fingerprint density at radius 3 is 2.47 bits per heavy atom. The second kappa shape index (κ2) is 8.29. The minimum atomic E-state index is -4.46. The summed E-state index contributed by atoms with van der Waals surface area (Å²) in [6.07, 6.45) is -0.0781. The fraction of sp³-hybridized carbons (Fsp3) is 0.182. The molecule has 0 aliphatic carbocycles. The van der Waals surface area contributed by atoms with Crippen molar-refractivity contribution in [2.45, 2.75) is 26.1 Å². The molecule has 4 rings (SSSR count). The number of halogens is 3. The molecule has 0 saturated heterocycles. The van der Waals surface area contributed by atoms with Gasteiger partial charge in [-0.2, -0.15) is 23.4 Å². The first kappa shape index (κ1) is 21.3. The fourth-order valence-corrected chi connectivity index (χ4v) is 3.32. The summed E-state index contributed by atoms with van der Waals surface area (Å²) in [5.74, 6) is -0.367. The van der Waals surface area contributed by atoms with E-state index in [4.69, 9.17) is 0 Å². The number of amides is 1. The highest BCUT2D eigenvalue weighted by molar-refractivity contribution is 5.95. The molecule has 1 atom stereocenters. The Morgan fingerprint density at radius 2 is 1.81 bits per heavy atom. The predicted molar refractivity (Wildman–Crippen MR) is 111 cm³/mol. The quantitative estimate of drug-likeness (QED) is 0.503. The van der Waals surface area contributed by atoms with Crippen LogP contribution in [0.4, 0.5) is 13.2 Å². The molecule has 164 valence electrons. The van der Waals surface area contributed by atoms with Crippen molar-refractivity contribution >= 4 is 5.91 Å². The number of nitrogens with zero attached hydrogens (tertiary/aromatic N) is 5. The first-order chi connectivity index (χ1) is 15.2. The van der Waals surface area contributed by atoms with Gasteiger partial charge in [0.15, 0.2) is 0 Å². The van der Waals surface area contributed by atoms with Crippen LogP contribution in [0.25, 0.3) is 11.4 Å². The first-order valence-electron chi connectivity index (χ1n) is 9.72. The molecule has 1 unspecified atom stereocenters. The van der Waals surface area contributed by atoms with Crippen LogP contribution in [0, 0.1) is 6.92 Å². The lowest BCUT2D eigenvalue weighted by molar-refractivity contribution is -0.137. The van der Waals surface area contributed by atoms with E-state index in [9.17, 15) is 18.0 Å². The van der Waals surface area contributed by atoms with Gasteiger partial charge < -0.3 is 5.32 Å². The van der Waals surface area contributed by atoms with Crippen molar-refractivity contribution in [3.05, 3.63) is 89.8 Å². The average molecular weight is 440 g/mol. The van der Waals surface area contributed by atoms with E-state index in [1.807, 2.05) is 31.2 Å². The summed E-state index contributed by atoms with van der Waals surface area (Å²) >= 11 is 0. The smallest absolute Gasteiger partial charge is 0.345 e. The van der Waals surface area contributed by atoms with E-state index in [1.165, 1.54) is 29.3 Å². The Balaban J connectivity index is 1.50. The van der Waals surface area contributed by atoms with Gasteiger partial charge in [-0.25, -0.2) is 14.3 Å². The minimum Gasteiger partial charge on any atom is -0.345 e. The molecule has 1 N–H and O–H groups in total. The molecule has 0 spiro atoms. The normalized spacial score (nSPS) is 12.5. The van der Waals surface area contributed by atoms with E-state index >= 15 is 0 Å². The van der Waals surface area contributed by atoms with Gasteiger partial charge in [0, 0.05) is 0 Å². The summed E-state index contributed by atoms with van der Waals surface area (Å²) in [6.45, 7) is 3.48. The summed E-state index contributed by atoms with van der Waals surface area (Å²) in [5.41, 5.74) is 1.89. The van der Waals surface area contributed by atoms with E-state index in [2.05, 4.69) is 20.5 Å². The van der Waals surface area contributed by atoms with Crippen molar-refractivity contribution < 1.29 is 18.0 Å². The van der Waals surface area contributed by atoms with Crippen molar-refractivity contribution in [1.82, 2.24) is 29.9 Å². The molecule has 0 aliphatic heterocycles. The molecule has 1 amide bonds. The first-order valence-corrected chi connectivity index (χ1v) is 9.72. The predicted octanol–water partition coefficient (Wildman–Crippen LogP) is 4.27. The molecule has 2 heterocycles. The monoisotopic (exact) mass is 440 g/mol. The van der Waals surface area contributed by atoms with Crippen LogP contribution in [0.15, 0.2) is 67.4 Å². The molecule has 0 saturated carbocycles. The second-order valence-corrected chi connectivity index (χ2v) is 7.23. The van der Waals surface area contributed by atoms with Crippen LogP contribution < -0.4 is 5.32 Å². The zero-order valence-corrected chi connectivity index (χ0v) is 17.2. The van der Waals surface area contributed by atoms with Crippen LogP contribution in [-0.2, 0) is 6.18 Å². The standard InChI is InChI=1S/C22H19F3N6O/c1-14(16-6-8-18(9-7-16)30-13-26-12-28-30)29-21(32)20-11-27-31(15(20)2)19-5-3-4-17(10-19)22(23,24)25/h3-14H,1-2H3,(H,29,32). The number of carbonyl (C=O) groups is 1. The second-order valence-electron chi connectivity index (χ2n) is 7.23. The number of nitrogens with one attached hydrogen (secondary N) is 1. The number of carbonyl (C=O) groups excluding carboxylic acids is 1. The zero-order chi connectivity index (χ0) is 22.9. The van der Waals surface area contributed by atoms with E-state index < -0.39 is 11.7 Å². The summed E-state index contributed by atoms with van der Waals surface area (Å²) in [5, 5.41) is 11.1. The number of hydrogen-bond donors (Lipinski definition) is 1. The maximum Gasteiger partial charge on any atom is 0.416 e. The van der Waals surface area contributed by atoms with Crippen molar-refractivity contribution in [1.29, 1.82) is 0 Å². The molecule has 0 fully saturated rings. The number of aromatic nitrogens is 5. The Hall–Kier alpha value is -3.95. The van der Waals surface area contributed by atoms with Gasteiger partial charge in [0.25, 0.3) is 5.91 Å². The van der Waals surface area contributed by atoms with Crippen LogP contribution in [0.1, 0.15) is 40.1 Å². The van der Waals surface area contributed by atoms with Crippen molar-refractivity contribution in [3.63, 3.8) is 0 Å². The third kappa shape index (κ3) is 4.25. The van der Waals surface area contributed by atoms with Crippen molar-refractivity contribution in [3.8, 4) is 11.4 Å². The number of alkyl halides is 3. The van der Waals surface area contributed by atoms with E-state index in [0.717, 1.165) is 23.4 Å². The number of rotatable bonds is 5. The van der Waals surface area contributed by atoms with E-state index in [1.54, 1.807) is 17.9 Å². The average Bonchev–Trinajstić information content (AvgIpc) is 3.43. The van der Waals surface area contributed by atoms with Gasteiger partial charge >= 0.3 is 6.18 Å². The summed E-state index contributed by atoms with van der Waals surface area (Å²) < 4.78 is 42.0. The minimum absolute atomic E-state index is 0.230. The molecule has 2 aromatic carbocycles. The summed E-state index contributed by atoms with van der Waals surface area (Å²) in [4.78, 5) is 16.7. The molecule has 2 aromatic heterocycles. The lowest BCUT2D eigenvalue weighted by atomic mass is 10.1. The molecule has 7 nitrogen and oxygen atoms in total. The Kier molecular flexibility index (Phi) is 5.52.